The van der Waals surface area contributed by atoms with Crippen LogP contribution in [0.5, 0.6) is 0 Å². The average Bonchev–Trinajstić information content (AvgIpc) is 3.38. The van der Waals surface area contributed by atoms with Crippen LogP contribution in [0.15, 0.2) is 0 Å². The number of rotatable bonds is 46. The molecule has 13 N–H and O–H groups in total. The van der Waals surface area contributed by atoms with E-state index in [9.17, 15) is 70.4 Å². The normalized spacial score (nSPS) is 27.9. The highest BCUT2D eigenvalue weighted by Gasteiger charge is 2.55. The number of carbonyl (C=O) groups is 1. The van der Waals surface area contributed by atoms with Crippen molar-refractivity contribution in [2.24, 2.45) is 0 Å². The summed E-state index contributed by atoms with van der Waals surface area (Å²) < 4.78 is 34.8. The fourth-order valence-corrected chi connectivity index (χ4v) is 11.0. The van der Waals surface area contributed by atoms with Gasteiger partial charge in [0.05, 0.1) is 25.4 Å². The average molecular weight is 1090 g/mol. The molecule has 1 amide bonds. The van der Waals surface area contributed by atoms with E-state index in [1.807, 2.05) is 0 Å². The Balaban J connectivity index is 1.93. The van der Waals surface area contributed by atoms with Crippen molar-refractivity contribution < 1.29 is 88.9 Å². The molecule has 74 heavy (non-hydrogen) atoms. The highest BCUT2D eigenvalue weighted by Crippen LogP contribution is 2.48. The van der Waals surface area contributed by atoms with Gasteiger partial charge in [-0.1, -0.05) is 219 Å². The Kier molecular flexibility index (Phi) is 38.4. The SMILES string of the molecule is CCCCCCCCCCCCCCCCCCCCCCC(O)C(=O)N[C@@H](COP(=O)(O)O[C@H]1C(O)C(O)C(O)[C@@H](O)C1O[C@H]1O[C@H](CO)[C@@H](O)C(O)C1O)[C@H](O)[C@H](O)CCCCCCCCCCCCCC. The molecule has 2 fully saturated rings. The molecule has 0 aromatic rings. The molecule has 1 aliphatic carbocycles. The van der Waals surface area contributed by atoms with E-state index >= 15 is 0 Å². The largest absolute Gasteiger partial charge is 0.472 e. The van der Waals surface area contributed by atoms with Crippen LogP contribution in [0.25, 0.3) is 0 Å². The van der Waals surface area contributed by atoms with Crippen LogP contribution in [0.4, 0.5) is 0 Å². The first kappa shape index (κ1) is 69.2. The van der Waals surface area contributed by atoms with Gasteiger partial charge in [-0.2, -0.15) is 0 Å². The Morgan fingerprint density at radius 1 is 0.514 bits per heavy atom. The predicted octanol–water partition coefficient (Wildman–Crippen LogP) is 6.00. The topological polar surface area (TPSA) is 326 Å². The standard InChI is InChI=1S/C54H106NO18P/c1-3-5-7-9-11-13-15-17-18-19-20-21-22-23-24-26-28-30-32-34-36-41(58)53(67)55-39(43(59)40(57)35-33-31-29-27-25-16-14-12-10-8-6-4-2)38-70-74(68,69)73-52-49(65)47(63)46(62)48(64)51(52)72-54-50(66)45(61)44(60)42(37-56)71-54/h39-52,54,56-66H,3-38H2,1-2H3,(H,55,67)(H,68,69)/t39-,40+,41?,42+,43-,44+,45?,46?,47?,48+,49?,50?,51?,52-,54+/m0/s1. The zero-order valence-corrected chi connectivity index (χ0v) is 46.3. The first-order valence-corrected chi connectivity index (χ1v) is 30.7. The van der Waals surface area contributed by atoms with Crippen molar-refractivity contribution in [2.45, 2.75) is 324 Å². The summed E-state index contributed by atoms with van der Waals surface area (Å²) in [6.07, 6.45) is 10.3. The van der Waals surface area contributed by atoms with Gasteiger partial charge in [-0.05, 0) is 12.8 Å². The van der Waals surface area contributed by atoms with Crippen molar-refractivity contribution >= 4 is 13.7 Å². The monoisotopic (exact) mass is 1090 g/mol. The van der Waals surface area contributed by atoms with Crippen molar-refractivity contribution in [2.75, 3.05) is 13.2 Å². The molecule has 16 atom stereocenters. The molecular weight excluding hydrogens is 982 g/mol. The van der Waals surface area contributed by atoms with E-state index < -0.39 is 119 Å². The molecule has 0 spiro atoms. The van der Waals surface area contributed by atoms with Crippen molar-refractivity contribution in [3.05, 3.63) is 0 Å². The van der Waals surface area contributed by atoms with Gasteiger partial charge in [0.15, 0.2) is 6.29 Å². The third-order valence-electron chi connectivity index (χ3n) is 15.0. The number of phosphoric acid groups is 1. The molecule has 1 saturated heterocycles. The van der Waals surface area contributed by atoms with Gasteiger partial charge < -0.3 is 75.9 Å². The molecule has 1 heterocycles. The molecular formula is C54H106NO18P. The molecule has 0 bridgehead atoms. The maximum atomic E-state index is 13.6. The molecule has 20 heteroatoms. The lowest BCUT2D eigenvalue weighted by Crippen LogP contribution is -2.67. The number of nitrogens with one attached hydrogen (secondary N) is 1. The minimum absolute atomic E-state index is 0.101. The summed E-state index contributed by atoms with van der Waals surface area (Å²) in [4.78, 5) is 24.3. The number of unbranched alkanes of at least 4 members (excludes halogenated alkanes) is 30. The zero-order chi connectivity index (χ0) is 54.7. The third kappa shape index (κ3) is 27.8. The molecule has 2 aliphatic rings. The van der Waals surface area contributed by atoms with E-state index in [1.165, 1.54) is 135 Å². The fourth-order valence-electron chi connectivity index (χ4n) is 10.0. The highest BCUT2D eigenvalue weighted by molar-refractivity contribution is 7.47. The van der Waals surface area contributed by atoms with Crippen LogP contribution < -0.4 is 5.32 Å². The Hall–Kier alpha value is -0.940. The van der Waals surface area contributed by atoms with Crippen LogP contribution in [0, 0.1) is 0 Å². The molecule has 1 saturated carbocycles. The minimum atomic E-state index is -5.49. The quantitative estimate of drug-likeness (QED) is 0.0245. The van der Waals surface area contributed by atoms with Crippen LogP contribution in [0.2, 0.25) is 0 Å². The number of amides is 1. The van der Waals surface area contributed by atoms with Gasteiger partial charge in [0, 0.05) is 0 Å². The first-order valence-electron chi connectivity index (χ1n) is 29.2. The van der Waals surface area contributed by atoms with Gasteiger partial charge in [-0.15, -0.1) is 0 Å². The van der Waals surface area contributed by atoms with Crippen LogP contribution in [0.1, 0.15) is 232 Å². The fraction of sp³-hybridized carbons (Fsp3) is 0.981. The summed E-state index contributed by atoms with van der Waals surface area (Å²) in [5.74, 6) is -0.919. The summed E-state index contributed by atoms with van der Waals surface area (Å²) in [6.45, 7) is 2.59. The van der Waals surface area contributed by atoms with E-state index in [0.717, 1.165) is 57.8 Å². The summed E-state index contributed by atoms with van der Waals surface area (Å²) in [5, 5.41) is 119. The first-order chi connectivity index (χ1) is 35.5. The minimum Gasteiger partial charge on any atom is -0.394 e. The second-order valence-corrected chi connectivity index (χ2v) is 22.9. The number of aliphatic hydroxyl groups is 11. The summed E-state index contributed by atoms with van der Waals surface area (Å²) in [6, 6.07) is -1.58. The maximum absolute atomic E-state index is 13.6. The Labute approximate surface area is 443 Å². The second kappa shape index (κ2) is 41.1. The lowest BCUT2D eigenvalue weighted by atomic mass is 9.84. The van der Waals surface area contributed by atoms with Crippen molar-refractivity contribution in [3.8, 4) is 0 Å². The number of ether oxygens (including phenoxy) is 2. The van der Waals surface area contributed by atoms with Crippen LogP contribution in [0.3, 0.4) is 0 Å². The van der Waals surface area contributed by atoms with E-state index in [-0.39, 0.29) is 12.8 Å². The Morgan fingerprint density at radius 3 is 1.28 bits per heavy atom. The van der Waals surface area contributed by atoms with Gasteiger partial charge in [0.2, 0.25) is 5.91 Å². The van der Waals surface area contributed by atoms with Gasteiger partial charge >= 0.3 is 7.82 Å². The number of carbonyl (C=O) groups excluding carboxylic acids is 1. The molecule has 0 aromatic heterocycles. The molecule has 1 aliphatic heterocycles. The molecule has 2 rings (SSSR count). The summed E-state index contributed by atoms with van der Waals surface area (Å²) in [5.41, 5.74) is 0. The van der Waals surface area contributed by atoms with E-state index in [2.05, 4.69) is 19.2 Å². The van der Waals surface area contributed by atoms with Crippen LogP contribution >= 0.6 is 7.82 Å². The van der Waals surface area contributed by atoms with Crippen LogP contribution in [-0.2, 0) is 27.9 Å². The Morgan fingerprint density at radius 2 is 0.878 bits per heavy atom. The van der Waals surface area contributed by atoms with Crippen molar-refractivity contribution in [1.29, 1.82) is 0 Å². The second-order valence-electron chi connectivity index (χ2n) is 21.5. The zero-order valence-electron chi connectivity index (χ0n) is 45.4. The van der Waals surface area contributed by atoms with Crippen molar-refractivity contribution in [3.63, 3.8) is 0 Å². The molecule has 440 valence electrons. The molecule has 8 unspecified atom stereocenters. The van der Waals surface area contributed by atoms with E-state index in [1.54, 1.807) is 0 Å². The highest BCUT2D eigenvalue weighted by atomic mass is 31.2. The molecule has 0 aromatic carbocycles. The summed E-state index contributed by atoms with van der Waals surface area (Å²) in [7, 11) is -5.49. The maximum Gasteiger partial charge on any atom is 0.472 e. The van der Waals surface area contributed by atoms with E-state index in [0.29, 0.717) is 12.8 Å². The van der Waals surface area contributed by atoms with Gasteiger partial charge in [0.25, 0.3) is 0 Å². The lowest BCUT2D eigenvalue weighted by Gasteiger charge is -2.47. The van der Waals surface area contributed by atoms with E-state index in [4.69, 9.17) is 18.5 Å². The third-order valence-corrected chi connectivity index (χ3v) is 16.0. The number of phosphoric ester groups is 1. The predicted molar refractivity (Wildman–Crippen MR) is 282 cm³/mol. The van der Waals surface area contributed by atoms with Crippen LogP contribution in [-0.4, -0.2) is 172 Å². The summed E-state index contributed by atoms with van der Waals surface area (Å²) >= 11 is 0. The number of hydrogen-bond acceptors (Lipinski definition) is 17. The van der Waals surface area contributed by atoms with Gasteiger partial charge in [-0.25, -0.2) is 4.57 Å². The Bertz CT molecular complexity index is 1420. The van der Waals surface area contributed by atoms with Gasteiger partial charge in [-0.3, -0.25) is 13.8 Å². The lowest BCUT2D eigenvalue weighted by molar-refractivity contribution is -0.338. The number of hydrogen-bond donors (Lipinski definition) is 13. The molecule has 0 radical (unpaired) electrons. The van der Waals surface area contributed by atoms with Gasteiger partial charge in [0.1, 0.15) is 73.2 Å². The molecule has 19 nitrogen and oxygen atoms in total. The number of aliphatic hydroxyl groups excluding tert-OH is 11. The smallest absolute Gasteiger partial charge is 0.394 e. The van der Waals surface area contributed by atoms with Crippen molar-refractivity contribution in [1.82, 2.24) is 5.32 Å².